The zero-order valence-electron chi connectivity index (χ0n) is 12.4. The Labute approximate surface area is 128 Å². The van der Waals surface area contributed by atoms with E-state index in [4.69, 9.17) is 27.4 Å². The van der Waals surface area contributed by atoms with Gasteiger partial charge in [-0.1, -0.05) is 12.2 Å². The molecule has 6 nitrogen and oxygen atoms in total. The summed E-state index contributed by atoms with van der Waals surface area (Å²) in [6, 6.07) is 5.49. The maximum atomic E-state index is 5.79. The second-order valence-corrected chi connectivity index (χ2v) is 4.93. The molecular weight excluding hydrogens is 288 g/mol. The van der Waals surface area contributed by atoms with Crippen molar-refractivity contribution in [3.63, 3.8) is 0 Å². The third kappa shape index (κ3) is 2.92. The Hall–Kier alpha value is -2.28. The fraction of sp³-hybridized carbons (Fsp3) is 0.286. The molecule has 0 spiro atoms. The van der Waals surface area contributed by atoms with Gasteiger partial charge in [-0.2, -0.15) is 5.10 Å². The summed E-state index contributed by atoms with van der Waals surface area (Å²) in [5, 5.41) is 7.61. The molecule has 112 valence electrons. The van der Waals surface area contributed by atoms with Crippen molar-refractivity contribution in [1.29, 1.82) is 0 Å². The molecule has 2 rings (SSSR count). The van der Waals surface area contributed by atoms with Crippen LogP contribution >= 0.6 is 12.2 Å². The van der Waals surface area contributed by atoms with Crippen molar-refractivity contribution in [2.75, 3.05) is 19.5 Å². The minimum absolute atomic E-state index is 0.296. The average molecular weight is 306 g/mol. The van der Waals surface area contributed by atoms with Gasteiger partial charge >= 0.3 is 0 Å². The molecule has 0 aliphatic rings. The molecule has 7 heteroatoms. The van der Waals surface area contributed by atoms with Crippen LogP contribution in [-0.2, 0) is 7.05 Å². The Morgan fingerprint density at radius 3 is 2.62 bits per heavy atom. The van der Waals surface area contributed by atoms with Gasteiger partial charge in [0.15, 0.2) is 0 Å². The number of aryl methyl sites for hydroxylation is 2. The highest BCUT2D eigenvalue weighted by Gasteiger charge is 2.17. The molecule has 0 saturated heterocycles. The molecule has 21 heavy (non-hydrogen) atoms. The first-order valence-corrected chi connectivity index (χ1v) is 6.71. The van der Waals surface area contributed by atoms with E-state index in [0.29, 0.717) is 22.3 Å². The lowest BCUT2D eigenvalue weighted by Crippen LogP contribution is -2.13. The lowest BCUT2D eigenvalue weighted by Gasteiger charge is -2.14. The number of anilines is 2. The van der Waals surface area contributed by atoms with Gasteiger partial charge in [-0.15, -0.1) is 0 Å². The first-order chi connectivity index (χ1) is 9.97. The van der Waals surface area contributed by atoms with Crippen molar-refractivity contribution < 1.29 is 9.47 Å². The number of nitrogens with two attached hydrogens (primary N) is 1. The lowest BCUT2D eigenvalue weighted by molar-refractivity contribution is 0.404. The van der Waals surface area contributed by atoms with Crippen LogP contribution in [0.15, 0.2) is 18.2 Å². The second kappa shape index (κ2) is 6.01. The zero-order chi connectivity index (χ0) is 15.6. The molecule has 1 heterocycles. The van der Waals surface area contributed by atoms with Crippen LogP contribution in [0.5, 0.6) is 11.5 Å². The van der Waals surface area contributed by atoms with Gasteiger partial charge in [0.25, 0.3) is 0 Å². The Bertz CT molecular complexity index is 682. The summed E-state index contributed by atoms with van der Waals surface area (Å²) in [6.45, 7) is 1.86. The maximum absolute atomic E-state index is 5.79. The summed E-state index contributed by atoms with van der Waals surface area (Å²) >= 11 is 5.10. The number of nitrogens with zero attached hydrogens (tertiary/aromatic N) is 2. The van der Waals surface area contributed by atoms with Crippen LogP contribution < -0.4 is 20.5 Å². The number of methoxy groups -OCH3 is 2. The van der Waals surface area contributed by atoms with Crippen LogP contribution in [0.1, 0.15) is 11.3 Å². The average Bonchev–Trinajstić information content (AvgIpc) is 2.73. The van der Waals surface area contributed by atoms with Gasteiger partial charge in [0.05, 0.1) is 31.2 Å². The maximum Gasteiger partial charge on any atom is 0.142 e. The number of benzene rings is 1. The van der Waals surface area contributed by atoms with Crippen molar-refractivity contribution >= 4 is 28.7 Å². The Morgan fingerprint density at radius 1 is 1.33 bits per heavy atom. The van der Waals surface area contributed by atoms with Gasteiger partial charge in [-0.3, -0.25) is 4.68 Å². The smallest absolute Gasteiger partial charge is 0.142 e. The van der Waals surface area contributed by atoms with Gasteiger partial charge in [0.1, 0.15) is 22.3 Å². The Morgan fingerprint density at radius 2 is 2.05 bits per heavy atom. The first-order valence-electron chi connectivity index (χ1n) is 6.30. The van der Waals surface area contributed by atoms with Crippen LogP contribution in [0.2, 0.25) is 0 Å². The quantitative estimate of drug-likeness (QED) is 0.824. The van der Waals surface area contributed by atoms with Crippen LogP contribution in [0.25, 0.3) is 0 Å². The monoisotopic (exact) mass is 306 g/mol. The molecule has 0 amide bonds. The molecule has 0 saturated carbocycles. The summed E-state index contributed by atoms with van der Waals surface area (Å²) in [4.78, 5) is 0.296. The highest BCUT2D eigenvalue weighted by Crippen LogP contribution is 2.33. The van der Waals surface area contributed by atoms with Crippen molar-refractivity contribution in [1.82, 2.24) is 9.78 Å². The largest absolute Gasteiger partial charge is 0.497 e. The standard InChI is InChI=1S/C14H18N4O2S/c1-8-12(13(15)21)14(18(2)17-8)16-10-7-9(19-3)5-6-11(10)20-4/h5-7,16H,1-4H3,(H2,15,21). The van der Waals surface area contributed by atoms with Crippen molar-refractivity contribution in [3.05, 3.63) is 29.5 Å². The van der Waals surface area contributed by atoms with Crippen LogP contribution in [0.3, 0.4) is 0 Å². The summed E-state index contributed by atoms with van der Waals surface area (Å²) in [5.74, 6) is 2.11. The number of ether oxygens (including phenoxy) is 2. The Balaban J connectivity index is 2.49. The lowest BCUT2D eigenvalue weighted by atomic mass is 10.2. The van der Waals surface area contributed by atoms with Gasteiger partial charge < -0.3 is 20.5 Å². The first kappa shape index (κ1) is 15.1. The molecule has 3 N–H and O–H groups in total. The molecular formula is C14H18N4O2S. The third-order valence-corrected chi connectivity index (χ3v) is 3.33. The minimum atomic E-state index is 0.296. The number of hydrogen-bond acceptors (Lipinski definition) is 5. The molecule has 0 bridgehead atoms. The van der Waals surface area contributed by atoms with Gasteiger partial charge in [-0.25, -0.2) is 0 Å². The van der Waals surface area contributed by atoms with Crippen LogP contribution in [0.4, 0.5) is 11.5 Å². The molecule has 1 aromatic heterocycles. The number of hydrogen-bond donors (Lipinski definition) is 2. The summed E-state index contributed by atoms with van der Waals surface area (Å²) in [6.07, 6.45) is 0. The van der Waals surface area contributed by atoms with Crippen molar-refractivity contribution in [2.24, 2.45) is 12.8 Å². The van der Waals surface area contributed by atoms with E-state index in [1.165, 1.54) is 0 Å². The van der Waals surface area contributed by atoms with E-state index < -0.39 is 0 Å². The van der Waals surface area contributed by atoms with Crippen molar-refractivity contribution in [3.8, 4) is 11.5 Å². The second-order valence-electron chi connectivity index (χ2n) is 4.49. The van der Waals surface area contributed by atoms with Crippen LogP contribution in [0, 0.1) is 6.92 Å². The molecule has 2 aromatic rings. The van der Waals surface area contributed by atoms with Gasteiger partial charge in [0.2, 0.25) is 0 Å². The van der Waals surface area contributed by atoms with E-state index >= 15 is 0 Å². The van der Waals surface area contributed by atoms with E-state index in [9.17, 15) is 0 Å². The highest BCUT2D eigenvalue weighted by atomic mass is 32.1. The number of thiocarbonyl (C=S) groups is 1. The fourth-order valence-corrected chi connectivity index (χ4v) is 2.38. The predicted molar refractivity (Wildman–Crippen MR) is 86.7 cm³/mol. The number of rotatable bonds is 5. The third-order valence-electron chi connectivity index (χ3n) is 3.13. The molecule has 0 unspecified atom stereocenters. The van der Waals surface area contributed by atoms with Crippen molar-refractivity contribution in [2.45, 2.75) is 6.92 Å². The summed E-state index contributed by atoms with van der Waals surface area (Å²) in [7, 11) is 5.04. The van der Waals surface area contributed by atoms with E-state index in [-0.39, 0.29) is 0 Å². The fourth-order valence-electron chi connectivity index (χ4n) is 2.14. The molecule has 0 radical (unpaired) electrons. The Kier molecular flexibility index (Phi) is 4.32. The summed E-state index contributed by atoms with van der Waals surface area (Å²) in [5.41, 5.74) is 8.03. The van der Waals surface area contributed by atoms with E-state index in [1.54, 1.807) is 18.9 Å². The van der Waals surface area contributed by atoms with Gasteiger partial charge in [-0.05, 0) is 19.1 Å². The molecule has 0 aliphatic heterocycles. The summed E-state index contributed by atoms with van der Waals surface area (Å²) < 4.78 is 12.3. The van der Waals surface area contributed by atoms with Gasteiger partial charge in [0, 0.05) is 13.1 Å². The van der Waals surface area contributed by atoms with Crippen LogP contribution in [-0.4, -0.2) is 29.0 Å². The number of aromatic nitrogens is 2. The predicted octanol–water partition coefficient (Wildman–Crippen LogP) is 2.12. The SMILES string of the molecule is COc1ccc(OC)c(Nc2c(C(N)=S)c(C)nn2C)c1. The molecule has 0 atom stereocenters. The van der Waals surface area contributed by atoms with E-state index in [1.807, 2.05) is 32.2 Å². The molecule has 0 aliphatic carbocycles. The molecule has 1 aromatic carbocycles. The minimum Gasteiger partial charge on any atom is -0.497 e. The highest BCUT2D eigenvalue weighted by molar-refractivity contribution is 7.80. The topological polar surface area (TPSA) is 74.3 Å². The molecule has 0 fully saturated rings. The van der Waals surface area contributed by atoms with E-state index in [2.05, 4.69) is 10.4 Å². The normalized spacial score (nSPS) is 10.3. The number of nitrogens with one attached hydrogen (secondary N) is 1. The van der Waals surface area contributed by atoms with E-state index in [0.717, 1.165) is 16.9 Å². The zero-order valence-corrected chi connectivity index (χ0v) is 13.2.